The van der Waals surface area contributed by atoms with Crippen LogP contribution in [-0.4, -0.2) is 39.4 Å². The first-order valence-corrected chi connectivity index (χ1v) is 4.55. The van der Waals surface area contributed by atoms with Crippen LogP contribution in [0.25, 0.3) is 0 Å². The maximum Gasteiger partial charge on any atom is 0.222 e. The molecule has 1 amide bonds. The van der Waals surface area contributed by atoms with Crippen LogP contribution in [-0.2, 0) is 14.3 Å². The summed E-state index contributed by atoms with van der Waals surface area (Å²) in [5.41, 5.74) is 0. The highest BCUT2D eigenvalue weighted by molar-refractivity contribution is 5.77. The third-order valence-electron chi connectivity index (χ3n) is 1.51. The van der Waals surface area contributed by atoms with E-state index in [1.807, 2.05) is 13.8 Å². The third-order valence-corrected chi connectivity index (χ3v) is 1.51. The summed E-state index contributed by atoms with van der Waals surface area (Å²) in [6, 6.07) is 0. The summed E-state index contributed by atoms with van der Waals surface area (Å²) in [4.78, 5) is 10.4. The van der Waals surface area contributed by atoms with E-state index >= 15 is 0 Å². The van der Waals surface area contributed by atoms with Gasteiger partial charge >= 0.3 is 0 Å². The Labute approximate surface area is 79.6 Å². The number of rotatable bonds is 1. The van der Waals surface area contributed by atoms with Gasteiger partial charge in [0.25, 0.3) is 0 Å². The van der Waals surface area contributed by atoms with E-state index in [1.165, 1.54) is 0 Å². The predicted octanol–water partition coefficient (Wildman–Crippen LogP) is 0.422. The van der Waals surface area contributed by atoms with Gasteiger partial charge in [0.15, 0.2) is 0 Å². The summed E-state index contributed by atoms with van der Waals surface area (Å²) in [5.74, 6) is 0.213. The molecule has 0 unspecified atom stereocenters. The average Bonchev–Trinajstić information content (AvgIpc) is 2.20. The van der Waals surface area contributed by atoms with Crippen molar-refractivity contribution in [2.75, 3.05) is 33.5 Å². The lowest BCUT2D eigenvalue weighted by Crippen LogP contribution is -2.22. The molecular formula is C9H19NO3. The van der Waals surface area contributed by atoms with E-state index in [-0.39, 0.29) is 11.8 Å². The minimum atomic E-state index is 0.0972. The number of carbonyl (C=O) groups is 1. The van der Waals surface area contributed by atoms with E-state index in [1.54, 1.807) is 7.05 Å². The molecule has 1 rings (SSSR count). The Morgan fingerprint density at radius 1 is 1.15 bits per heavy atom. The Morgan fingerprint density at radius 2 is 1.54 bits per heavy atom. The Bertz CT molecular complexity index is 121. The van der Waals surface area contributed by atoms with Gasteiger partial charge in [-0.05, 0) is 0 Å². The lowest BCUT2D eigenvalue weighted by atomic mass is 10.2. The molecule has 13 heavy (non-hydrogen) atoms. The molecule has 1 aliphatic heterocycles. The van der Waals surface area contributed by atoms with Crippen LogP contribution >= 0.6 is 0 Å². The van der Waals surface area contributed by atoms with Crippen LogP contribution < -0.4 is 5.32 Å². The van der Waals surface area contributed by atoms with Gasteiger partial charge in [0.1, 0.15) is 0 Å². The first-order chi connectivity index (χ1) is 6.18. The average molecular weight is 189 g/mol. The minimum absolute atomic E-state index is 0.0972. The first-order valence-electron chi connectivity index (χ1n) is 4.55. The van der Waals surface area contributed by atoms with Crippen LogP contribution in [0.2, 0.25) is 0 Å². The number of ether oxygens (including phenoxy) is 2. The Hall–Kier alpha value is -0.610. The highest BCUT2D eigenvalue weighted by atomic mass is 16.6. The molecule has 0 aliphatic carbocycles. The molecule has 0 aromatic carbocycles. The molecule has 0 radical (unpaired) electrons. The summed E-state index contributed by atoms with van der Waals surface area (Å²) < 4.78 is 9.89. The van der Waals surface area contributed by atoms with Gasteiger partial charge in [-0.25, -0.2) is 0 Å². The third kappa shape index (κ3) is 7.74. The number of hydrogen-bond donors (Lipinski definition) is 1. The largest absolute Gasteiger partial charge is 0.377 e. The molecular weight excluding hydrogens is 170 g/mol. The van der Waals surface area contributed by atoms with Crippen molar-refractivity contribution >= 4 is 5.91 Å². The molecule has 1 aliphatic rings. The van der Waals surface area contributed by atoms with E-state index in [0.717, 1.165) is 26.4 Å². The standard InChI is InChI=1S/C5H11NO.C4H8O2/c1-4(2)5(7)6-3;1-2-6-4-3-5-1/h4H,1-3H3,(H,6,7);1-4H2. The van der Waals surface area contributed by atoms with E-state index in [4.69, 9.17) is 9.47 Å². The summed E-state index contributed by atoms with van der Waals surface area (Å²) in [7, 11) is 1.64. The zero-order valence-electron chi connectivity index (χ0n) is 8.63. The normalized spacial score (nSPS) is 16.0. The van der Waals surface area contributed by atoms with E-state index in [9.17, 15) is 4.79 Å². The molecule has 0 bridgehead atoms. The Kier molecular flexibility index (Phi) is 7.63. The second-order valence-corrected chi connectivity index (χ2v) is 2.99. The number of carbonyl (C=O) groups excluding carboxylic acids is 1. The monoisotopic (exact) mass is 189 g/mol. The van der Waals surface area contributed by atoms with Crippen molar-refractivity contribution in [3.8, 4) is 0 Å². The number of nitrogens with one attached hydrogen (secondary N) is 1. The van der Waals surface area contributed by atoms with Crippen LogP contribution in [0.5, 0.6) is 0 Å². The molecule has 1 heterocycles. The molecule has 1 fully saturated rings. The molecule has 4 heteroatoms. The van der Waals surface area contributed by atoms with Crippen molar-refractivity contribution in [3.05, 3.63) is 0 Å². The summed E-state index contributed by atoms with van der Waals surface area (Å²) >= 11 is 0. The molecule has 0 spiro atoms. The highest BCUT2D eigenvalue weighted by Gasteiger charge is 2.00. The zero-order valence-corrected chi connectivity index (χ0v) is 8.63. The van der Waals surface area contributed by atoms with Crippen LogP contribution in [0.3, 0.4) is 0 Å². The van der Waals surface area contributed by atoms with Gasteiger partial charge in [-0.15, -0.1) is 0 Å². The lowest BCUT2D eigenvalue weighted by Gasteiger charge is -2.09. The van der Waals surface area contributed by atoms with Crippen molar-refractivity contribution in [1.29, 1.82) is 0 Å². The molecule has 0 atom stereocenters. The second kappa shape index (κ2) is 8.01. The van der Waals surface area contributed by atoms with Gasteiger partial charge in [0, 0.05) is 13.0 Å². The van der Waals surface area contributed by atoms with E-state index in [2.05, 4.69) is 5.32 Å². The molecule has 0 aromatic heterocycles. The van der Waals surface area contributed by atoms with E-state index < -0.39 is 0 Å². The maximum absolute atomic E-state index is 10.4. The van der Waals surface area contributed by atoms with Gasteiger partial charge < -0.3 is 14.8 Å². The van der Waals surface area contributed by atoms with Crippen LogP contribution in [0.1, 0.15) is 13.8 Å². The molecule has 0 saturated carbocycles. The maximum atomic E-state index is 10.4. The van der Waals surface area contributed by atoms with Gasteiger partial charge in [0.2, 0.25) is 5.91 Å². The van der Waals surface area contributed by atoms with Crippen molar-refractivity contribution < 1.29 is 14.3 Å². The fourth-order valence-electron chi connectivity index (χ4n) is 0.729. The fourth-order valence-corrected chi connectivity index (χ4v) is 0.729. The molecule has 0 aromatic rings. The van der Waals surface area contributed by atoms with Gasteiger partial charge in [-0.3, -0.25) is 4.79 Å². The fraction of sp³-hybridized carbons (Fsp3) is 0.889. The first kappa shape index (κ1) is 12.4. The summed E-state index contributed by atoms with van der Waals surface area (Å²) in [5, 5.41) is 2.53. The topological polar surface area (TPSA) is 47.6 Å². The smallest absolute Gasteiger partial charge is 0.222 e. The lowest BCUT2D eigenvalue weighted by molar-refractivity contribution is -0.123. The number of amides is 1. The number of hydrogen-bond acceptors (Lipinski definition) is 3. The summed E-state index contributed by atoms with van der Waals surface area (Å²) in [6.45, 7) is 6.83. The quantitative estimate of drug-likeness (QED) is 0.650. The Balaban J connectivity index is 0.000000223. The van der Waals surface area contributed by atoms with Gasteiger partial charge in [-0.1, -0.05) is 13.8 Å². The summed E-state index contributed by atoms with van der Waals surface area (Å²) in [6.07, 6.45) is 0. The molecule has 1 N–H and O–H groups in total. The zero-order chi connectivity index (χ0) is 10.1. The Morgan fingerprint density at radius 3 is 1.62 bits per heavy atom. The minimum Gasteiger partial charge on any atom is -0.377 e. The van der Waals surface area contributed by atoms with Gasteiger partial charge in [-0.2, -0.15) is 0 Å². The molecule has 4 nitrogen and oxygen atoms in total. The second-order valence-electron chi connectivity index (χ2n) is 2.99. The predicted molar refractivity (Wildman–Crippen MR) is 50.5 cm³/mol. The van der Waals surface area contributed by atoms with Crippen molar-refractivity contribution in [1.82, 2.24) is 5.32 Å². The molecule has 78 valence electrons. The molecule has 1 saturated heterocycles. The van der Waals surface area contributed by atoms with Crippen molar-refractivity contribution in [2.24, 2.45) is 5.92 Å². The SMILES string of the molecule is C1COCCO1.CNC(=O)C(C)C. The van der Waals surface area contributed by atoms with Gasteiger partial charge in [0.05, 0.1) is 26.4 Å². The van der Waals surface area contributed by atoms with Crippen molar-refractivity contribution in [2.45, 2.75) is 13.8 Å². The van der Waals surface area contributed by atoms with Crippen molar-refractivity contribution in [3.63, 3.8) is 0 Å². The van der Waals surface area contributed by atoms with Crippen LogP contribution in [0.15, 0.2) is 0 Å². The highest BCUT2D eigenvalue weighted by Crippen LogP contribution is 1.87. The van der Waals surface area contributed by atoms with Crippen LogP contribution in [0.4, 0.5) is 0 Å². The van der Waals surface area contributed by atoms with Crippen LogP contribution in [0, 0.1) is 5.92 Å². The van der Waals surface area contributed by atoms with E-state index in [0.29, 0.717) is 0 Å².